The van der Waals surface area contributed by atoms with E-state index in [0.29, 0.717) is 0 Å². The average molecular weight is 296 g/mol. The van der Waals surface area contributed by atoms with E-state index < -0.39 is 5.97 Å². The van der Waals surface area contributed by atoms with Crippen LogP contribution in [0, 0.1) is 0 Å². The molecule has 1 heterocycles. The molecule has 3 rings (SSSR count). The van der Waals surface area contributed by atoms with Gasteiger partial charge in [-0.2, -0.15) is 0 Å². The predicted molar refractivity (Wildman–Crippen MR) is 85.6 cm³/mol. The molecular formula is C19H20O3. The lowest BCUT2D eigenvalue weighted by Crippen LogP contribution is -1.94. The first-order valence-corrected chi connectivity index (χ1v) is 7.82. The lowest BCUT2D eigenvalue weighted by atomic mass is 10.0. The van der Waals surface area contributed by atoms with Gasteiger partial charge in [0.05, 0.1) is 0 Å². The van der Waals surface area contributed by atoms with E-state index in [-0.39, 0.29) is 6.42 Å². The van der Waals surface area contributed by atoms with Crippen molar-refractivity contribution in [2.75, 3.05) is 0 Å². The Labute approximate surface area is 130 Å². The van der Waals surface area contributed by atoms with E-state index in [0.717, 1.165) is 43.6 Å². The van der Waals surface area contributed by atoms with Gasteiger partial charge in [0, 0.05) is 18.4 Å². The molecule has 0 bridgehead atoms. The molecule has 0 atom stereocenters. The van der Waals surface area contributed by atoms with Crippen molar-refractivity contribution in [2.45, 2.75) is 38.5 Å². The summed E-state index contributed by atoms with van der Waals surface area (Å²) >= 11 is 0. The number of aryl methyl sites for hydroxylation is 1. The fourth-order valence-electron chi connectivity index (χ4n) is 2.77. The standard InChI is InChI=1S/C19H20O3/c20-17(21)10-6-2-5-9-15-11-12-16(19-18(15)22-19)13-14-7-3-1-4-8-14/h1,3-4,7-8,11-12H,2,5-6,9-10,13H2,(H,20,21). The Balaban J connectivity index is 1.53. The number of carbonyl (C=O) groups is 1. The van der Waals surface area contributed by atoms with Crippen LogP contribution in [0.1, 0.15) is 42.4 Å². The zero-order valence-corrected chi connectivity index (χ0v) is 12.5. The zero-order valence-electron chi connectivity index (χ0n) is 12.5. The minimum Gasteiger partial charge on any atom is -0.481 e. The Kier molecular flexibility index (Phi) is 4.42. The van der Waals surface area contributed by atoms with Gasteiger partial charge in [0.2, 0.25) is 0 Å². The van der Waals surface area contributed by atoms with Crippen LogP contribution in [0.25, 0.3) is 0 Å². The van der Waals surface area contributed by atoms with Crippen molar-refractivity contribution in [2.24, 2.45) is 0 Å². The van der Waals surface area contributed by atoms with E-state index in [1.54, 1.807) is 0 Å². The van der Waals surface area contributed by atoms with E-state index in [1.165, 1.54) is 16.7 Å². The van der Waals surface area contributed by atoms with Gasteiger partial charge in [-0.1, -0.05) is 48.9 Å². The van der Waals surface area contributed by atoms with Gasteiger partial charge in [0.1, 0.15) is 0 Å². The molecule has 114 valence electrons. The molecule has 0 aromatic heterocycles. The van der Waals surface area contributed by atoms with Crippen molar-refractivity contribution in [3.05, 3.63) is 59.2 Å². The van der Waals surface area contributed by atoms with Gasteiger partial charge in [0.25, 0.3) is 0 Å². The van der Waals surface area contributed by atoms with Crippen LogP contribution in [0.2, 0.25) is 0 Å². The van der Waals surface area contributed by atoms with Crippen LogP contribution in [-0.2, 0) is 17.6 Å². The Bertz CT molecular complexity index is 662. The smallest absolute Gasteiger partial charge is 0.303 e. The number of fused-ring (bicyclic) bond motifs is 1. The number of carboxylic acids is 1. The van der Waals surface area contributed by atoms with Gasteiger partial charge in [-0.05, 0) is 30.4 Å². The van der Waals surface area contributed by atoms with E-state index in [4.69, 9.17) is 9.84 Å². The number of benzene rings is 2. The summed E-state index contributed by atoms with van der Waals surface area (Å²) < 4.78 is 5.67. The second-order valence-electron chi connectivity index (χ2n) is 5.76. The van der Waals surface area contributed by atoms with Crippen molar-refractivity contribution in [3.8, 4) is 11.5 Å². The van der Waals surface area contributed by atoms with E-state index in [9.17, 15) is 4.79 Å². The maximum absolute atomic E-state index is 10.5. The largest absolute Gasteiger partial charge is 0.481 e. The van der Waals surface area contributed by atoms with Crippen molar-refractivity contribution in [1.29, 1.82) is 0 Å². The molecular weight excluding hydrogens is 276 g/mol. The Hall–Kier alpha value is -2.29. The van der Waals surface area contributed by atoms with Crippen LogP contribution < -0.4 is 4.74 Å². The highest BCUT2D eigenvalue weighted by molar-refractivity contribution is 5.66. The first-order valence-electron chi connectivity index (χ1n) is 7.82. The van der Waals surface area contributed by atoms with E-state index in [2.05, 4.69) is 36.4 Å². The molecule has 0 spiro atoms. The highest BCUT2D eigenvalue weighted by Crippen LogP contribution is 2.51. The lowest BCUT2D eigenvalue weighted by molar-refractivity contribution is -0.137. The fraction of sp³-hybridized carbons (Fsp3) is 0.316. The van der Waals surface area contributed by atoms with Gasteiger partial charge in [-0.15, -0.1) is 0 Å². The molecule has 0 saturated heterocycles. The normalized spacial score (nSPS) is 11.6. The van der Waals surface area contributed by atoms with Crippen LogP contribution >= 0.6 is 0 Å². The highest BCUT2D eigenvalue weighted by Gasteiger charge is 2.28. The first kappa shape index (κ1) is 14.6. The molecule has 1 aliphatic heterocycles. The third-order valence-electron chi connectivity index (χ3n) is 4.01. The van der Waals surface area contributed by atoms with Gasteiger partial charge in [-0.25, -0.2) is 0 Å². The first-order chi connectivity index (χ1) is 10.7. The second kappa shape index (κ2) is 6.65. The van der Waals surface area contributed by atoms with E-state index in [1.807, 2.05) is 6.07 Å². The van der Waals surface area contributed by atoms with Gasteiger partial charge in [0.15, 0.2) is 11.5 Å². The quantitative estimate of drug-likeness (QED) is 0.489. The number of rotatable bonds is 8. The maximum Gasteiger partial charge on any atom is 0.303 e. The van der Waals surface area contributed by atoms with Crippen molar-refractivity contribution >= 4 is 5.97 Å². The molecule has 2 aromatic carbocycles. The number of carboxylic acid groups (broad SMARTS) is 1. The van der Waals surface area contributed by atoms with Gasteiger partial charge in [-0.3, -0.25) is 4.79 Å². The fourth-order valence-corrected chi connectivity index (χ4v) is 2.77. The monoisotopic (exact) mass is 296 g/mol. The molecule has 0 saturated carbocycles. The van der Waals surface area contributed by atoms with Crippen LogP contribution in [0.15, 0.2) is 42.5 Å². The summed E-state index contributed by atoms with van der Waals surface area (Å²) in [6, 6.07) is 14.7. The highest BCUT2D eigenvalue weighted by atomic mass is 16.6. The van der Waals surface area contributed by atoms with Crippen molar-refractivity contribution < 1.29 is 14.6 Å². The summed E-state index contributed by atoms with van der Waals surface area (Å²) in [4.78, 5) is 10.5. The van der Waals surface area contributed by atoms with E-state index >= 15 is 0 Å². The number of aliphatic carboxylic acids is 1. The molecule has 3 heteroatoms. The summed E-state index contributed by atoms with van der Waals surface area (Å²) in [5, 5.41) is 8.61. The molecule has 1 N–H and O–H groups in total. The lowest BCUT2D eigenvalue weighted by Gasteiger charge is -2.01. The number of hydrogen-bond donors (Lipinski definition) is 1. The summed E-state index contributed by atoms with van der Waals surface area (Å²) in [6.07, 6.45) is 4.86. The number of unbranched alkanes of at least 4 members (excludes halogenated alkanes) is 2. The van der Waals surface area contributed by atoms with Crippen molar-refractivity contribution in [1.82, 2.24) is 0 Å². The topological polar surface area (TPSA) is 49.8 Å². The minimum absolute atomic E-state index is 0.268. The molecule has 0 amide bonds. The summed E-state index contributed by atoms with van der Waals surface area (Å²) in [6.45, 7) is 0. The van der Waals surface area contributed by atoms with Gasteiger partial charge < -0.3 is 9.84 Å². The number of ether oxygens (including phenoxy) is 1. The van der Waals surface area contributed by atoms with Crippen LogP contribution in [0.3, 0.4) is 0 Å². The van der Waals surface area contributed by atoms with Crippen LogP contribution in [0.5, 0.6) is 11.5 Å². The maximum atomic E-state index is 10.5. The Morgan fingerprint density at radius 1 is 0.909 bits per heavy atom. The molecule has 1 aliphatic rings. The minimum atomic E-state index is -0.708. The molecule has 0 unspecified atom stereocenters. The SMILES string of the molecule is O=C(O)CCCCCc1ccc(Cc2ccccc2)c2c1O2. The summed E-state index contributed by atoms with van der Waals surface area (Å²) in [7, 11) is 0. The predicted octanol–water partition coefficient (Wildman–Crippen LogP) is 4.57. The molecule has 0 radical (unpaired) electrons. The average Bonchev–Trinajstić information content (AvgIpc) is 3.30. The summed E-state index contributed by atoms with van der Waals surface area (Å²) in [5.74, 6) is 1.39. The molecule has 0 aliphatic carbocycles. The third kappa shape index (κ3) is 3.67. The van der Waals surface area contributed by atoms with Crippen molar-refractivity contribution in [3.63, 3.8) is 0 Å². The molecule has 0 fully saturated rings. The Morgan fingerprint density at radius 2 is 1.64 bits per heavy atom. The number of hydrogen-bond acceptors (Lipinski definition) is 2. The Morgan fingerprint density at radius 3 is 2.41 bits per heavy atom. The van der Waals surface area contributed by atoms with Gasteiger partial charge >= 0.3 is 5.97 Å². The zero-order chi connectivity index (χ0) is 15.4. The second-order valence-corrected chi connectivity index (χ2v) is 5.76. The van der Waals surface area contributed by atoms with Crippen LogP contribution in [0.4, 0.5) is 0 Å². The molecule has 22 heavy (non-hydrogen) atoms. The molecule has 3 nitrogen and oxygen atoms in total. The third-order valence-corrected chi connectivity index (χ3v) is 4.01. The van der Waals surface area contributed by atoms with Crippen LogP contribution in [-0.4, -0.2) is 11.1 Å². The summed E-state index contributed by atoms with van der Waals surface area (Å²) in [5.41, 5.74) is 3.79. The molecule has 2 aromatic rings.